The summed E-state index contributed by atoms with van der Waals surface area (Å²) in [4.78, 5) is 10.5. The van der Waals surface area contributed by atoms with Crippen LogP contribution in [0.2, 0.25) is 0 Å². The lowest BCUT2D eigenvalue weighted by atomic mass is 9.59. The van der Waals surface area contributed by atoms with E-state index in [0.717, 1.165) is 23.7 Å². The Hall–Kier alpha value is -1.31. The number of aliphatic carboxylic acids is 1. The first-order valence-corrected chi connectivity index (χ1v) is 7.73. The lowest BCUT2D eigenvalue weighted by Crippen LogP contribution is -2.37. The van der Waals surface area contributed by atoms with Crippen LogP contribution in [-0.2, 0) is 4.79 Å². The van der Waals surface area contributed by atoms with Gasteiger partial charge in [0.1, 0.15) is 0 Å². The molecule has 2 heteroatoms. The van der Waals surface area contributed by atoms with Gasteiger partial charge in [-0.2, -0.15) is 0 Å². The minimum absolute atomic E-state index is 0.481. The Morgan fingerprint density at radius 1 is 1.30 bits per heavy atom. The molecule has 0 aromatic rings. The minimum atomic E-state index is -0.886. The number of carbonyl (C=O) groups is 1. The number of fused-ring (bicyclic) bond motifs is 1. The van der Waals surface area contributed by atoms with E-state index < -0.39 is 5.97 Å². The second-order valence-corrected chi connectivity index (χ2v) is 6.68. The quantitative estimate of drug-likeness (QED) is 0.469. The van der Waals surface area contributed by atoms with Crippen molar-refractivity contribution in [2.75, 3.05) is 0 Å². The van der Waals surface area contributed by atoms with Crippen LogP contribution in [-0.4, -0.2) is 11.1 Å². The molecule has 0 amide bonds. The predicted octanol–water partition coefficient (Wildman–Crippen LogP) is 4.45. The highest BCUT2D eigenvalue weighted by Gasteiger charge is 2.39. The lowest BCUT2D eigenvalue weighted by molar-refractivity contribution is -0.131. The number of hydrogen-bond acceptors (Lipinski definition) is 1. The number of carboxylic acids is 1. The van der Waals surface area contributed by atoms with Crippen LogP contribution in [0.4, 0.5) is 0 Å². The maximum Gasteiger partial charge on any atom is 0.328 e. The third kappa shape index (κ3) is 3.41. The van der Waals surface area contributed by atoms with Crippen LogP contribution in [0.5, 0.6) is 0 Å². The highest BCUT2D eigenvalue weighted by molar-refractivity contribution is 5.80. The lowest BCUT2D eigenvalue weighted by Gasteiger charge is -2.46. The fourth-order valence-corrected chi connectivity index (χ4v) is 4.31. The van der Waals surface area contributed by atoms with Crippen LogP contribution < -0.4 is 0 Å². The summed E-state index contributed by atoms with van der Waals surface area (Å²) >= 11 is 0. The average molecular weight is 274 g/mol. The maximum atomic E-state index is 10.5. The van der Waals surface area contributed by atoms with Crippen molar-refractivity contribution in [2.45, 2.75) is 40.0 Å². The van der Waals surface area contributed by atoms with Crippen molar-refractivity contribution in [3.05, 3.63) is 36.0 Å². The van der Waals surface area contributed by atoms with E-state index >= 15 is 0 Å². The molecule has 2 aliphatic carbocycles. The molecule has 1 saturated carbocycles. The third-order valence-electron chi connectivity index (χ3n) is 5.03. The molecule has 0 radical (unpaired) electrons. The molecule has 0 aromatic carbocycles. The van der Waals surface area contributed by atoms with Crippen molar-refractivity contribution < 1.29 is 9.90 Å². The number of carboxylic acid groups (broad SMARTS) is 1. The summed E-state index contributed by atoms with van der Waals surface area (Å²) in [6.45, 7) is 6.98. The van der Waals surface area contributed by atoms with Gasteiger partial charge < -0.3 is 5.11 Å². The first-order chi connectivity index (χ1) is 9.49. The molecule has 0 spiro atoms. The second kappa shape index (κ2) is 6.43. The Morgan fingerprint density at radius 2 is 2.05 bits per heavy atom. The Balaban J connectivity index is 2.15. The summed E-state index contributed by atoms with van der Waals surface area (Å²) in [7, 11) is 0. The van der Waals surface area contributed by atoms with Crippen LogP contribution >= 0.6 is 0 Å². The summed E-state index contributed by atoms with van der Waals surface area (Å²) in [5.41, 5.74) is 1.45. The van der Waals surface area contributed by atoms with Gasteiger partial charge in [0.25, 0.3) is 0 Å². The van der Waals surface area contributed by atoms with Gasteiger partial charge in [-0.05, 0) is 49.9 Å². The topological polar surface area (TPSA) is 37.3 Å². The third-order valence-corrected chi connectivity index (χ3v) is 5.03. The number of rotatable bonds is 3. The molecule has 1 fully saturated rings. The SMILES string of the molecule is CC1=CCC2C[C@@H](C)C[C@@H](C)[C@@H]2[C@H]1/C=C/C=C/C(=O)O. The van der Waals surface area contributed by atoms with E-state index in [-0.39, 0.29) is 0 Å². The Bertz CT molecular complexity index is 444. The van der Waals surface area contributed by atoms with Crippen LogP contribution in [0.25, 0.3) is 0 Å². The predicted molar refractivity (Wildman–Crippen MR) is 82.3 cm³/mol. The first kappa shape index (κ1) is 15.1. The standard InChI is InChI=1S/C18H26O2/c1-12-10-14(3)18-15(11-12)9-8-13(2)16(18)6-4-5-7-17(19)20/h4-8,12,14-16,18H,9-11H2,1-3H3,(H,19,20)/b6-4+,7-5+/t12-,14+,15?,16-,18-/m0/s1. The second-order valence-electron chi connectivity index (χ2n) is 6.68. The number of allylic oxidation sites excluding steroid dienone is 5. The van der Waals surface area contributed by atoms with Crippen LogP contribution in [0, 0.1) is 29.6 Å². The zero-order valence-corrected chi connectivity index (χ0v) is 12.8. The zero-order valence-electron chi connectivity index (χ0n) is 12.8. The van der Waals surface area contributed by atoms with E-state index in [2.05, 4.69) is 32.9 Å². The van der Waals surface area contributed by atoms with E-state index in [4.69, 9.17) is 5.11 Å². The zero-order chi connectivity index (χ0) is 14.7. The molecular weight excluding hydrogens is 248 g/mol. The summed E-state index contributed by atoms with van der Waals surface area (Å²) in [6, 6.07) is 0. The summed E-state index contributed by atoms with van der Waals surface area (Å²) in [6.07, 6.45) is 13.2. The summed E-state index contributed by atoms with van der Waals surface area (Å²) < 4.78 is 0. The summed E-state index contributed by atoms with van der Waals surface area (Å²) in [5.74, 6) is 2.72. The van der Waals surface area contributed by atoms with E-state index in [1.54, 1.807) is 6.08 Å². The average Bonchev–Trinajstić information content (AvgIpc) is 2.36. The van der Waals surface area contributed by atoms with Crippen molar-refractivity contribution in [3.8, 4) is 0 Å². The van der Waals surface area contributed by atoms with E-state index in [0.29, 0.717) is 5.92 Å². The van der Waals surface area contributed by atoms with E-state index in [9.17, 15) is 4.79 Å². The largest absolute Gasteiger partial charge is 0.478 e. The Kier molecular flexibility index (Phi) is 4.85. The van der Waals surface area contributed by atoms with E-state index in [1.807, 2.05) is 6.08 Å². The van der Waals surface area contributed by atoms with Crippen LogP contribution in [0.3, 0.4) is 0 Å². The molecule has 2 aliphatic rings. The molecule has 20 heavy (non-hydrogen) atoms. The summed E-state index contributed by atoms with van der Waals surface area (Å²) in [5, 5.41) is 8.63. The van der Waals surface area contributed by atoms with Gasteiger partial charge in [0.15, 0.2) is 0 Å². The van der Waals surface area contributed by atoms with Gasteiger partial charge in [0.2, 0.25) is 0 Å². The van der Waals surface area contributed by atoms with Crippen molar-refractivity contribution in [1.82, 2.24) is 0 Å². The van der Waals surface area contributed by atoms with Gasteiger partial charge in [-0.3, -0.25) is 0 Å². The van der Waals surface area contributed by atoms with Gasteiger partial charge in [-0.15, -0.1) is 0 Å². The Labute approximate surface area is 122 Å². The molecule has 2 rings (SSSR count). The Morgan fingerprint density at radius 3 is 2.75 bits per heavy atom. The fraction of sp³-hybridized carbons (Fsp3) is 0.611. The molecule has 0 aromatic heterocycles. The molecule has 110 valence electrons. The van der Waals surface area contributed by atoms with Gasteiger partial charge in [-0.25, -0.2) is 4.79 Å². The minimum Gasteiger partial charge on any atom is -0.478 e. The molecule has 0 bridgehead atoms. The number of hydrogen-bond donors (Lipinski definition) is 1. The monoisotopic (exact) mass is 274 g/mol. The highest BCUT2D eigenvalue weighted by Crippen LogP contribution is 2.48. The molecular formula is C18H26O2. The van der Waals surface area contributed by atoms with Gasteiger partial charge in [0.05, 0.1) is 0 Å². The molecule has 0 saturated heterocycles. The molecule has 0 heterocycles. The van der Waals surface area contributed by atoms with Gasteiger partial charge in [-0.1, -0.05) is 43.7 Å². The molecule has 2 nitrogen and oxygen atoms in total. The van der Waals surface area contributed by atoms with Gasteiger partial charge >= 0.3 is 5.97 Å². The first-order valence-electron chi connectivity index (χ1n) is 7.73. The van der Waals surface area contributed by atoms with Gasteiger partial charge in [0, 0.05) is 12.0 Å². The highest BCUT2D eigenvalue weighted by atomic mass is 16.4. The molecule has 5 atom stereocenters. The smallest absolute Gasteiger partial charge is 0.328 e. The van der Waals surface area contributed by atoms with Crippen LogP contribution in [0.15, 0.2) is 36.0 Å². The fourth-order valence-electron chi connectivity index (χ4n) is 4.31. The maximum absolute atomic E-state index is 10.5. The van der Waals surface area contributed by atoms with Crippen molar-refractivity contribution in [2.24, 2.45) is 29.6 Å². The normalized spacial score (nSPS) is 38.0. The van der Waals surface area contributed by atoms with Crippen molar-refractivity contribution in [1.29, 1.82) is 0 Å². The van der Waals surface area contributed by atoms with E-state index in [1.165, 1.54) is 30.9 Å². The van der Waals surface area contributed by atoms with Crippen molar-refractivity contribution in [3.63, 3.8) is 0 Å². The molecule has 1 unspecified atom stereocenters. The van der Waals surface area contributed by atoms with Crippen LogP contribution in [0.1, 0.15) is 40.0 Å². The van der Waals surface area contributed by atoms with Crippen molar-refractivity contribution >= 4 is 5.97 Å². The molecule has 1 N–H and O–H groups in total. The molecule has 0 aliphatic heterocycles.